The van der Waals surface area contributed by atoms with Crippen LogP contribution >= 0.6 is 0 Å². The predicted molar refractivity (Wildman–Crippen MR) is 136 cm³/mol. The van der Waals surface area contributed by atoms with Crippen LogP contribution in [0.1, 0.15) is 24.5 Å². The predicted octanol–water partition coefficient (Wildman–Crippen LogP) is 4.09. The number of rotatable bonds is 8. The number of fused-ring (bicyclic) bond motifs is 2. The zero-order valence-corrected chi connectivity index (χ0v) is 19.2. The van der Waals surface area contributed by atoms with E-state index < -0.39 is 0 Å². The van der Waals surface area contributed by atoms with Gasteiger partial charge in [-0.2, -0.15) is 5.10 Å². The molecule has 0 saturated carbocycles. The van der Waals surface area contributed by atoms with Gasteiger partial charge in [-0.1, -0.05) is 54.6 Å². The Labute approximate surface area is 198 Å². The molecule has 3 aromatic carbocycles. The van der Waals surface area contributed by atoms with Gasteiger partial charge in [-0.3, -0.25) is 9.59 Å². The topological polar surface area (TPSA) is 78.1 Å². The van der Waals surface area contributed by atoms with E-state index in [0.717, 1.165) is 48.0 Å². The molecule has 1 heterocycles. The van der Waals surface area contributed by atoms with Gasteiger partial charge < -0.3 is 10.2 Å². The van der Waals surface area contributed by atoms with Crippen LogP contribution in [-0.2, 0) is 17.6 Å². The van der Waals surface area contributed by atoms with Crippen LogP contribution in [0.25, 0.3) is 22.0 Å². The number of anilines is 1. The number of aromatic amines is 1. The summed E-state index contributed by atoms with van der Waals surface area (Å²) in [5, 5.41) is 12.0. The van der Waals surface area contributed by atoms with E-state index in [0.29, 0.717) is 24.0 Å². The first-order chi connectivity index (χ1) is 16.6. The fourth-order valence-corrected chi connectivity index (χ4v) is 4.88. The molecule has 0 aliphatic heterocycles. The lowest BCUT2D eigenvalue weighted by atomic mass is 10.0. The average Bonchev–Trinajstić information content (AvgIpc) is 3.27. The van der Waals surface area contributed by atoms with Crippen LogP contribution in [0.15, 0.2) is 77.6 Å². The smallest absolute Gasteiger partial charge is 0.272 e. The molecule has 6 heteroatoms. The standard InChI is InChI=1S/C28H28N4O2/c1-19(29-23-16-21-6-2-3-7-22(21)17-23)14-15-32(18-33)24-12-10-20(11-13-24)27-25-8-4-5-9-26(25)28(34)31-30-27/h2-13,18-19,23,29H,14-17H2,1H3,(H,31,34). The molecule has 0 fully saturated rings. The third-order valence-corrected chi connectivity index (χ3v) is 6.67. The summed E-state index contributed by atoms with van der Waals surface area (Å²) in [5.41, 5.74) is 5.12. The largest absolute Gasteiger partial charge is 0.315 e. The lowest BCUT2D eigenvalue weighted by Gasteiger charge is -2.23. The summed E-state index contributed by atoms with van der Waals surface area (Å²) in [5.74, 6) is 0. The summed E-state index contributed by atoms with van der Waals surface area (Å²) < 4.78 is 0. The number of H-pyrrole nitrogens is 1. The normalized spacial score (nSPS) is 14.1. The van der Waals surface area contributed by atoms with E-state index in [-0.39, 0.29) is 5.56 Å². The van der Waals surface area contributed by atoms with E-state index in [1.807, 2.05) is 42.5 Å². The van der Waals surface area contributed by atoms with Crippen molar-refractivity contribution in [1.82, 2.24) is 15.5 Å². The van der Waals surface area contributed by atoms with Crippen LogP contribution in [0.2, 0.25) is 0 Å². The van der Waals surface area contributed by atoms with Crippen molar-refractivity contribution < 1.29 is 4.79 Å². The number of nitrogens with one attached hydrogen (secondary N) is 2. The molecule has 4 aromatic rings. The van der Waals surface area contributed by atoms with Gasteiger partial charge in [0.1, 0.15) is 0 Å². The summed E-state index contributed by atoms with van der Waals surface area (Å²) >= 11 is 0. The second kappa shape index (κ2) is 9.61. The van der Waals surface area contributed by atoms with Crippen molar-refractivity contribution in [3.8, 4) is 11.3 Å². The molecule has 34 heavy (non-hydrogen) atoms. The van der Waals surface area contributed by atoms with Crippen molar-refractivity contribution in [2.75, 3.05) is 11.4 Å². The van der Waals surface area contributed by atoms with Crippen LogP contribution in [0.4, 0.5) is 5.69 Å². The molecule has 1 amide bonds. The number of hydrogen-bond acceptors (Lipinski definition) is 4. The van der Waals surface area contributed by atoms with E-state index in [1.165, 1.54) is 11.1 Å². The summed E-state index contributed by atoms with van der Waals surface area (Å²) in [7, 11) is 0. The quantitative estimate of drug-likeness (QED) is 0.395. The summed E-state index contributed by atoms with van der Waals surface area (Å²) in [6.07, 6.45) is 3.87. The number of carbonyl (C=O) groups is 1. The van der Waals surface area contributed by atoms with Gasteiger partial charge in [0, 0.05) is 35.3 Å². The molecule has 1 aromatic heterocycles. The van der Waals surface area contributed by atoms with E-state index in [1.54, 1.807) is 11.0 Å². The lowest BCUT2D eigenvalue weighted by molar-refractivity contribution is -0.107. The van der Waals surface area contributed by atoms with Gasteiger partial charge in [-0.15, -0.1) is 0 Å². The molecule has 0 spiro atoms. The van der Waals surface area contributed by atoms with E-state index in [2.05, 4.69) is 46.7 Å². The van der Waals surface area contributed by atoms with Crippen molar-refractivity contribution >= 4 is 22.9 Å². The molecule has 6 nitrogen and oxygen atoms in total. The van der Waals surface area contributed by atoms with Crippen molar-refractivity contribution in [3.63, 3.8) is 0 Å². The monoisotopic (exact) mass is 452 g/mol. The Bertz CT molecular complexity index is 1340. The number of nitrogens with zero attached hydrogens (tertiary/aromatic N) is 2. The second-order valence-electron chi connectivity index (χ2n) is 9.02. The zero-order chi connectivity index (χ0) is 23.5. The molecule has 5 rings (SSSR count). The Morgan fingerprint density at radius 1 is 1.00 bits per heavy atom. The molecular formula is C28H28N4O2. The highest BCUT2D eigenvalue weighted by molar-refractivity contribution is 5.94. The number of benzene rings is 3. The van der Waals surface area contributed by atoms with Crippen LogP contribution in [0.5, 0.6) is 0 Å². The van der Waals surface area contributed by atoms with Gasteiger partial charge >= 0.3 is 0 Å². The maximum absolute atomic E-state index is 12.1. The maximum atomic E-state index is 12.1. The molecule has 0 radical (unpaired) electrons. The summed E-state index contributed by atoms with van der Waals surface area (Å²) in [6.45, 7) is 2.82. The third-order valence-electron chi connectivity index (χ3n) is 6.67. The molecule has 1 aliphatic rings. The minimum Gasteiger partial charge on any atom is -0.315 e. The average molecular weight is 453 g/mol. The second-order valence-corrected chi connectivity index (χ2v) is 9.02. The van der Waals surface area contributed by atoms with Gasteiger partial charge in [0.05, 0.1) is 11.1 Å². The fourth-order valence-electron chi connectivity index (χ4n) is 4.88. The highest BCUT2D eigenvalue weighted by Crippen LogP contribution is 2.26. The Hall–Kier alpha value is -3.77. The minimum atomic E-state index is -0.202. The van der Waals surface area contributed by atoms with Crippen molar-refractivity contribution in [1.29, 1.82) is 0 Å². The zero-order valence-electron chi connectivity index (χ0n) is 19.2. The summed E-state index contributed by atoms with van der Waals surface area (Å²) in [6, 6.07) is 24.6. The Morgan fingerprint density at radius 2 is 1.65 bits per heavy atom. The highest BCUT2D eigenvalue weighted by Gasteiger charge is 2.22. The van der Waals surface area contributed by atoms with Crippen molar-refractivity contribution in [2.24, 2.45) is 0 Å². The van der Waals surface area contributed by atoms with E-state index in [4.69, 9.17) is 0 Å². The molecule has 0 saturated heterocycles. The van der Waals surface area contributed by atoms with Crippen LogP contribution in [0, 0.1) is 0 Å². The molecular weight excluding hydrogens is 424 g/mol. The first kappa shape index (κ1) is 22.0. The van der Waals surface area contributed by atoms with Gasteiger partial charge in [0.15, 0.2) is 0 Å². The lowest BCUT2D eigenvalue weighted by Crippen LogP contribution is -2.39. The first-order valence-corrected chi connectivity index (χ1v) is 11.7. The van der Waals surface area contributed by atoms with E-state index >= 15 is 0 Å². The first-order valence-electron chi connectivity index (χ1n) is 11.7. The van der Waals surface area contributed by atoms with Gasteiger partial charge in [0.2, 0.25) is 6.41 Å². The highest BCUT2D eigenvalue weighted by atomic mass is 16.1. The third kappa shape index (κ3) is 4.50. The fraction of sp³-hybridized carbons (Fsp3) is 0.250. The van der Waals surface area contributed by atoms with Crippen LogP contribution in [-0.4, -0.2) is 35.2 Å². The molecule has 1 unspecified atom stereocenters. The van der Waals surface area contributed by atoms with Gasteiger partial charge in [-0.05, 0) is 55.5 Å². The van der Waals surface area contributed by atoms with Gasteiger partial charge in [-0.25, -0.2) is 5.10 Å². The van der Waals surface area contributed by atoms with E-state index in [9.17, 15) is 9.59 Å². The number of amides is 1. The number of hydrogen-bond donors (Lipinski definition) is 2. The molecule has 172 valence electrons. The maximum Gasteiger partial charge on any atom is 0.272 e. The van der Waals surface area contributed by atoms with Crippen LogP contribution in [0.3, 0.4) is 0 Å². The van der Waals surface area contributed by atoms with Crippen LogP contribution < -0.4 is 15.8 Å². The van der Waals surface area contributed by atoms with Gasteiger partial charge in [0.25, 0.3) is 5.56 Å². The molecule has 1 aliphatic carbocycles. The number of aromatic nitrogens is 2. The minimum absolute atomic E-state index is 0.202. The molecule has 0 bridgehead atoms. The molecule has 2 N–H and O–H groups in total. The molecule has 1 atom stereocenters. The Balaban J connectivity index is 1.23. The number of carbonyl (C=O) groups excluding carboxylic acids is 1. The SMILES string of the molecule is CC(CCN(C=O)c1ccc(-c2n[nH]c(=O)c3ccccc23)cc1)NC1Cc2ccccc2C1. The van der Waals surface area contributed by atoms with Crippen molar-refractivity contribution in [2.45, 2.75) is 38.3 Å². The summed E-state index contributed by atoms with van der Waals surface area (Å²) in [4.78, 5) is 25.6. The van der Waals surface area contributed by atoms with Crippen molar-refractivity contribution in [3.05, 3.63) is 94.3 Å². The Kier molecular flexibility index (Phi) is 6.23. The Morgan fingerprint density at radius 3 is 2.32 bits per heavy atom.